The summed E-state index contributed by atoms with van der Waals surface area (Å²) < 4.78 is 11.3. The number of anilines is 1. The third-order valence-corrected chi connectivity index (χ3v) is 5.96. The van der Waals surface area contributed by atoms with Crippen LogP contribution in [0.2, 0.25) is 0 Å². The van der Waals surface area contributed by atoms with Gasteiger partial charge < -0.3 is 14.4 Å². The van der Waals surface area contributed by atoms with Gasteiger partial charge in [0, 0.05) is 31.9 Å². The van der Waals surface area contributed by atoms with Crippen molar-refractivity contribution < 1.29 is 14.3 Å². The number of pyridine rings is 1. The van der Waals surface area contributed by atoms with Gasteiger partial charge in [-0.05, 0) is 69.0 Å². The number of likely N-dealkylation sites (N-methyl/N-ethyl adjacent to an activating group) is 1. The monoisotopic (exact) mass is 453 g/mol. The molecule has 1 fully saturated rings. The van der Waals surface area contributed by atoms with Crippen LogP contribution >= 0.6 is 0 Å². The summed E-state index contributed by atoms with van der Waals surface area (Å²) >= 11 is 0. The Hall–Kier alpha value is -2.60. The van der Waals surface area contributed by atoms with Gasteiger partial charge in [0.05, 0.1) is 12.7 Å². The Morgan fingerprint density at radius 3 is 2.55 bits per heavy atom. The number of carbonyl (C=O) groups excluding carboxylic acids is 1. The molecule has 3 rings (SSSR count). The number of hydrogen-bond acceptors (Lipinski definition) is 6. The number of esters is 1. The maximum Gasteiger partial charge on any atom is 0.342 e. The Bertz CT molecular complexity index is 911. The van der Waals surface area contributed by atoms with Crippen LogP contribution in [0.4, 0.5) is 5.82 Å². The minimum Gasteiger partial charge on any atom is -0.493 e. The van der Waals surface area contributed by atoms with Gasteiger partial charge in [0.15, 0.2) is 0 Å². The summed E-state index contributed by atoms with van der Waals surface area (Å²) in [5, 5.41) is 0. The molecular formula is C27H39N3O3. The van der Waals surface area contributed by atoms with E-state index in [2.05, 4.69) is 59.8 Å². The number of aromatic nitrogens is 1. The van der Waals surface area contributed by atoms with Crippen LogP contribution in [0.3, 0.4) is 0 Å². The average Bonchev–Trinajstić information content (AvgIpc) is 3.26. The Morgan fingerprint density at radius 1 is 1.18 bits per heavy atom. The number of ether oxygens (including phenoxy) is 2. The van der Waals surface area contributed by atoms with Gasteiger partial charge in [-0.1, -0.05) is 32.9 Å². The number of carbonyl (C=O) groups is 1. The molecule has 6 heteroatoms. The van der Waals surface area contributed by atoms with E-state index in [9.17, 15) is 4.79 Å². The van der Waals surface area contributed by atoms with E-state index in [0.717, 1.165) is 56.3 Å². The van der Waals surface area contributed by atoms with Gasteiger partial charge in [-0.15, -0.1) is 0 Å². The maximum atomic E-state index is 12.8. The first-order valence-electron chi connectivity index (χ1n) is 12.2. The minimum atomic E-state index is -0.291. The van der Waals surface area contributed by atoms with Crippen molar-refractivity contribution >= 4 is 11.8 Å². The van der Waals surface area contributed by atoms with E-state index in [4.69, 9.17) is 9.47 Å². The van der Waals surface area contributed by atoms with Gasteiger partial charge in [-0.2, -0.15) is 0 Å². The molecule has 6 nitrogen and oxygen atoms in total. The number of hydrogen-bond donors (Lipinski definition) is 0. The third kappa shape index (κ3) is 6.70. The van der Waals surface area contributed by atoms with Crippen LogP contribution in [-0.2, 0) is 11.3 Å². The topological polar surface area (TPSA) is 54.9 Å². The molecule has 1 aromatic heterocycles. The fourth-order valence-electron chi connectivity index (χ4n) is 4.23. The van der Waals surface area contributed by atoms with Gasteiger partial charge in [-0.3, -0.25) is 4.90 Å². The molecule has 0 bridgehead atoms. The highest BCUT2D eigenvalue weighted by Gasteiger charge is 2.31. The summed E-state index contributed by atoms with van der Waals surface area (Å²) in [6.07, 6.45) is 2.66. The van der Waals surface area contributed by atoms with Crippen LogP contribution in [0.5, 0.6) is 5.75 Å². The minimum absolute atomic E-state index is 0.158. The number of benzene rings is 1. The van der Waals surface area contributed by atoms with Crippen molar-refractivity contribution in [1.29, 1.82) is 0 Å². The Kier molecular flexibility index (Phi) is 8.73. The largest absolute Gasteiger partial charge is 0.493 e. The van der Waals surface area contributed by atoms with Gasteiger partial charge in [0.25, 0.3) is 0 Å². The molecule has 2 aromatic rings. The molecule has 0 radical (unpaired) electrons. The predicted octanol–water partition coefficient (Wildman–Crippen LogP) is 5.09. The van der Waals surface area contributed by atoms with Crippen LogP contribution in [-0.4, -0.2) is 54.2 Å². The Balaban J connectivity index is 1.67. The molecule has 0 aliphatic carbocycles. The van der Waals surface area contributed by atoms with Crippen LogP contribution in [0.25, 0.3) is 0 Å². The lowest BCUT2D eigenvalue weighted by Gasteiger charge is -2.28. The smallest absolute Gasteiger partial charge is 0.342 e. The van der Waals surface area contributed by atoms with Crippen molar-refractivity contribution in [2.45, 2.75) is 66.7 Å². The molecule has 1 atom stereocenters. The lowest BCUT2D eigenvalue weighted by atomic mass is 10.1. The van der Waals surface area contributed by atoms with E-state index >= 15 is 0 Å². The Labute approximate surface area is 198 Å². The molecule has 0 spiro atoms. The number of aryl methyl sites for hydroxylation is 1. The highest BCUT2D eigenvalue weighted by Crippen LogP contribution is 2.28. The first kappa shape index (κ1) is 25.0. The number of rotatable bonds is 10. The lowest BCUT2D eigenvalue weighted by Crippen LogP contribution is -2.37. The normalized spacial score (nSPS) is 16.2. The Morgan fingerprint density at radius 2 is 1.91 bits per heavy atom. The summed E-state index contributed by atoms with van der Waals surface area (Å²) in [7, 11) is 0. The fourth-order valence-corrected chi connectivity index (χ4v) is 4.23. The van der Waals surface area contributed by atoms with Crippen LogP contribution in [0.15, 0.2) is 36.5 Å². The van der Waals surface area contributed by atoms with Gasteiger partial charge in [-0.25, -0.2) is 9.78 Å². The fraction of sp³-hybridized carbons (Fsp3) is 0.556. The summed E-state index contributed by atoms with van der Waals surface area (Å²) in [5.74, 6) is 1.89. The van der Waals surface area contributed by atoms with E-state index in [0.29, 0.717) is 17.5 Å². The highest BCUT2D eigenvalue weighted by molar-refractivity contribution is 5.96. The average molecular weight is 454 g/mol. The molecule has 33 heavy (non-hydrogen) atoms. The number of nitrogens with zero attached hydrogens (tertiary/aromatic N) is 3. The first-order valence-corrected chi connectivity index (χ1v) is 12.2. The van der Waals surface area contributed by atoms with E-state index in [1.165, 1.54) is 5.56 Å². The van der Waals surface area contributed by atoms with Crippen molar-refractivity contribution in [3.05, 3.63) is 53.2 Å². The van der Waals surface area contributed by atoms with E-state index in [-0.39, 0.29) is 12.1 Å². The van der Waals surface area contributed by atoms with Crippen molar-refractivity contribution in [3.63, 3.8) is 0 Å². The first-order chi connectivity index (χ1) is 15.8. The second kappa shape index (κ2) is 11.5. The van der Waals surface area contributed by atoms with E-state index < -0.39 is 0 Å². The quantitative estimate of drug-likeness (QED) is 0.467. The molecule has 1 aromatic carbocycles. The second-order valence-corrected chi connectivity index (χ2v) is 9.58. The molecule has 0 amide bonds. The van der Waals surface area contributed by atoms with Crippen LogP contribution in [0.1, 0.15) is 62.5 Å². The van der Waals surface area contributed by atoms with E-state index in [1.807, 2.05) is 26.8 Å². The zero-order valence-corrected chi connectivity index (χ0v) is 21.0. The lowest BCUT2D eigenvalue weighted by molar-refractivity contribution is 0.0377. The second-order valence-electron chi connectivity index (χ2n) is 9.58. The molecule has 180 valence electrons. The van der Waals surface area contributed by atoms with Crippen molar-refractivity contribution in [2.75, 3.05) is 31.1 Å². The molecule has 0 N–H and O–H groups in total. The molecule has 1 aliphatic heterocycles. The van der Waals surface area contributed by atoms with Gasteiger partial charge >= 0.3 is 5.97 Å². The van der Waals surface area contributed by atoms with Gasteiger partial charge in [0.2, 0.25) is 0 Å². The predicted molar refractivity (Wildman–Crippen MR) is 133 cm³/mol. The molecule has 1 aliphatic rings. The molecule has 1 unspecified atom stereocenters. The summed E-state index contributed by atoms with van der Waals surface area (Å²) in [6.45, 7) is 16.5. The molecular weight excluding hydrogens is 414 g/mol. The van der Waals surface area contributed by atoms with Crippen LogP contribution in [0, 0.1) is 12.8 Å². The molecule has 1 saturated heterocycles. The summed E-state index contributed by atoms with van der Waals surface area (Å²) in [6, 6.07) is 10.7. The summed E-state index contributed by atoms with van der Waals surface area (Å²) in [4.78, 5) is 22.1. The molecule has 2 heterocycles. The van der Waals surface area contributed by atoms with Crippen molar-refractivity contribution in [2.24, 2.45) is 5.92 Å². The standard InChI is InChI=1S/C27H39N3O3/c1-7-29(16-22-8-10-24(11-9-22)32-18-19(2)3)23-13-15-30(17-23)26-25(21(6)12-14-28-26)27(31)33-20(4)5/h8-12,14,19-20,23H,7,13,15-18H2,1-6H3. The zero-order chi connectivity index (χ0) is 24.0. The van der Waals surface area contributed by atoms with Crippen molar-refractivity contribution in [1.82, 2.24) is 9.88 Å². The van der Waals surface area contributed by atoms with Gasteiger partial charge in [0.1, 0.15) is 17.1 Å². The summed E-state index contributed by atoms with van der Waals surface area (Å²) in [5.41, 5.74) is 2.77. The van der Waals surface area contributed by atoms with Crippen LogP contribution < -0.4 is 9.64 Å². The third-order valence-electron chi connectivity index (χ3n) is 5.96. The van der Waals surface area contributed by atoms with Crippen molar-refractivity contribution in [3.8, 4) is 5.75 Å². The zero-order valence-electron chi connectivity index (χ0n) is 21.0. The maximum absolute atomic E-state index is 12.8. The highest BCUT2D eigenvalue weighted by atomic mass is 16.5. The SMILES string of the molecule is CCN(Cc1ccc(OCC(C)C)cc1)C1CCN(c2nccc(C)c2C(=O)OC(C)C)C1. The molecule has 0 saturated carbocycles. The van der Waals surface area contributed by atoms with E-state index in [1.54, 1.807) is 6.20 Å².